The minimum Gasteiger partial charge on any atom is -0.497 e. The summed E-state index contributed by atoms with van der Waals surface area (Å²) in [5.74, 6) is -1.21. The van der Waals surface area contributed by atoms with Gasteiger partial charge in [-0.25, -0.2) is 8.42 Å². The first-order valence-electron chi connectivity index (χ1n) is 6.93. The van der Waals surface area contributed by atoms with Crippen molar-refractivity contribution < 1.29 is 27.8 Å². The molecule has 0 spiro atoms. The first-order valence-corrected chi connectivity index (χ1v) is 8.64. The van der Waals surface area contributed by atoms with Gasteiger partial charge in [-0.05, 0) is 17.7 Å². The molecule has 22 heavy (non-hydrogen) atoms. The lowest BCUT2D eigenvalue weighted by Crippen LogP contribution is -2.29. The molecule has 1 fully saturated rings. The highest BCUT2D eigenvalue weighted by Crippen LogP contribution is 2.63. The van der Waals surface area contributed by atoms with Gasteiger partial charge >= 0.3 is 5.97 Å². The number of carbonyl (C=O) groups is 1. The summed E-state index contributed by atoms with van der Waals surface area (Å²) in [6, 6.07) is 6.81. The first-order chi connectivity index (χ1) is 10.3. The van der Waals surface area contributed by atoms with Gasteiger partial charge in [-0.1, -0.05) is 19.1 Å². The molecule has 1 saturated carbocycles. The van der Waals surface area contributed by atoms with Crippen LogP contribution in [-0.2, 0) is 19.4 Å². The minimum atomic E-state index is -3.50. The third kappa shape index (κ3) is 2.48. The Bertz CT molecular complexity index is 651. The molecule has 0 amide bonds. The van der Waals surface area contributed by atoms with E-state index in [1.165, 1.54) is 21.1 Å². The van der Waals surface area contributed by atoms with Crippen molar-refractivity contribution in [3.8, 4) is 5.75 Å². The second-order valence-corrected chi connectivity index (χ2v) is 7.81. The van der Waals surface area contributed by atoms with Crippen LogP contribution in [0, 0.1) is 5.41 Å². The molecule has 0 bridgehead atoms. The van der Waals surface area contributed by atoms with Gasteiger partial charge < -0.3 is 14.6 Å². The fourth-order valence-electron chi connectivity index (χ4n) is 3.12. The number of hydrogen-bond acceptors (Lipinski definition) is 5. The van der Waals surface area contributed by atoms with Gasteiger partial charge in [-0.15, -0.1) is 0 Å². The lowest BCUT2D eigenvalue weighted by molar-refractivity contribution is -0.145. The van der Waals surface area contributed by atoms with Crippen molar-refractivity contribution in [2.75, 3.05) is 26.6 Å². The molecule has 1 aliphatic rings. The predicted octanol–water partition coefficient (Wildman–Crippen LogP) is 1.31. The van der Waals surface area contributed by atoms with E-state index in [2.05, 4.69) is 0 Å². The molecular weight excluding hydrogens is 308 g/mol. The number of hydrogen-bond donors (Lipinski definition) is 1. The second-order valence-electron chi connectivity index (χ2n) is 5.40. The molecule has 3 atom stereocenters. The van der Waals surface area contributed by atoms with Crippen LogP contribution in [0.1, 0.15) is 18.4 Å². The summed E-state index contributed by atoms with van der Waals surface area (Å²) in [5, 5.41) is 8.67. The van der Waals surface area contributed by atoms with E-state index >= 15 is 0 Å². The Hall–Kier alpha value is -1.60. The summed E-state index contributed by atoms with van der Waals surface area (Å²) in [7, 11) is -0.596. The molecule has 1 N–H and O–H groups in total. The van der Waals surface area contributed by atoms with E-state index in [1.807, 2.05) is 0 Å². The Kier molecular flexibility index (Phi) is 4.49. The highest BCUT2D eigenvalue weighted by atomic mass is 32.2. The Labute approximate surface area is 130 Å². The maximum atomic E-state index is 12.3. The maximum absolute atomic E-state index is 12.3. The first kappa shape index (κ1) is 16.8. The molecule has 0 heterocycles. The van der Waals surface area contributed by atoms with Crippen LogP contribution in [0.15, 0.2) is 24.3 Å². The van der Waals surface area contributed by atoms with Gasteiger partial charge in [0.2, 0.25) is 0 Å². The molecule has 0 unspecified atom stereocenters. The Morgan fingerprint density at radius 2 is 1.86 bits per heavy atom. The lowest BCUT2D eigenvalue weighted by Gasteiger charge is -2.11. The van der Waals surface area contributed by atoms with Crippen molar-refractivity contribution in [2.24, 2.45) is 5.41 Å². The quantitative estimate of drug-likeness (QED) is 0.812. The average molecular weight is 328 g/mol. The zero-order valence-corrected chi connectivity index (χ0v) is 13.6. The van der Waals surface area contributed by atoms with Crippen LogP contribution < -0.4 is 4.74 Å². The fraction of sp³-hybridized carbons (Fsp3) is 0.533. The molecule has 7 heteroatoms. The smallest absolute Gasteiger partial charge is 0.314 e. The molecule has 0 aliphatic heterocycles. The molecule has 1 aliphatic carbocycles. The van der Waals surface area contributed by atoms with Crippen LogP contribution in [0.5, 0.6) is 5.75 Å². The fourth-order valence-corrected chi connectivity index (χ4v) is 5.17. The topological polar surface area (TPSA) is 89.9 Å². The Balaban J connectivity index is 2.48. The van der Waals surface area contributed by atoms with E-state index in [1.54, 1.807) is 24.3 Å². The molecule has 0 saturated heterocycles. The summed E-state index contributed by atoms with van der Waals surface area (Å²) in [6.45, 7) is 1.39. The monoisotopic (exact) mass is 328 g/mol. The molecule has 0 radical (unpaired) electrons. The highest BCUT2D eigenvalue weighted by Gasteiger charge is 2.75. The van der Waals surface area contributed by atoms with E-state index < -0.39 is 32.4 Å². The van der Waals surface area contributed by atoms with Gasteiger partial charge in [0.25, 0.3) is 0 Å². The molecule has 122 valence electrons. The standard InChI is InChI=1S/C15H20O6S/c1-4-22(18,19)13-12(15(13,9-20-2)14(16)17)10-5-7-11(21-3)8-6-10/h5-8,12-13H,4,9H2,1-3H3,(H,16,17)/t12-,13-,15+/m1/s1. The molecule has 1 aromatic carbocycles. The molecule has 1 aromatic rings. The zero-order chi connectivity index (χ0) is 16.5. The summed E-state index contributed by atoms with van der Waals surface area (Å²) < 4.78 is 34.7. The van der Waals surface area contributed by atoms with Crippen molar-refractivity contribution in [3.63, 3.8) is 0 Å². The molecule has 6 nitrogen and oxygen atoms in total. The van der Waals surface area contributed by atoms with Gasteiger partial charge in [0, 0.05) is 18.8 Å². The maximum Gasteiger partial charge on any atom is 0.314 e. The lowest BCUT2D eigenvalue weighted by atomic mass is 10.00. The van der Waals surface area contributed by atoms with E-state index in [9.17, 15) is 18.3 Å². The summed E-state index contributed by atoms with van der Waals surface area (Å²) in [4.78, 5) is 11.8. The van der Waals surface area contributed by atoms with Gasteiger partial charge in [-0.2, -0.15) is 0 Å². The minimum absolute atomic E-state index is 0.0942. The van der Waals surface area contributed by atoms with Gasteiger partial charge in [0.1, 0.15) is 11.2 Å². The van der Waals surface area contributed by atoms with Crippen LogP contribution in [0.4, 0.5) is 0 Å². The van der Waals surface area contributed by atoms with Crippen molar-refractivity contribution in [3.05, 3.63) is 29.8 Å². The predicted molar refractivity (Wildman–Crippen MR) is 80.9 cm³/mol. The van der Waals surface area contributed by atoms with Crippen LogP contribution in [0.2, 0.25) is 0 Å². The number of rotatable bonds is 7. The summed E-state index contributed by atoms with van der Waals surface area (Å²) in [6.07, 6.45) is 0. The summed E-state index contributed by atoms with van der Waals surface area (Å²) in [5.41, 5.74) is -0.750. The summed E-state index contributed by atoms with van der Waals surface area (Å²) >= 11 is 0. The van der Waals surface area contributed by atoms with Crippen molar-refractivity contribution in [2.45, 2.75) is 18.1 Å². The molecule has 0 aromatic heterocycles. The SMILES string of the molecule is CCS(=O)(=O)[C@@H]1[C@@H](c2ccc(OC)cc2)[C@]1(COC)C(=O)O. The highest BCUT2D eigenvalue weighted by molar-refractivity contribution is 7.92. The van der Waals surface area contributed by atoms with Crippen LogP contribution in [-0.4, -0.2) is 51.3 Å². The third-order valence-electron chi connectivity index (χ3n) is 4.30. The van der Waals surface area contributed by atoms with Gasteiger partial charge in [0.05, 0.1) is 19.0 Å². The van der Waals surface area contributed by atoms with Crippen molar-refractivity contribution in [1.82, 2.24) is 0 Å². The number of carboxylic acids is 1. The van der Waals surface area contributed by atoms with Gasteiger partial charge in [0.15, 0.2) is 9.84 Å². The number of methoxy groups -OCH3 is 2. The molecule has 2 rings (SSSR count). The van der Waals surface area contributed by atoms with Crippen LogP contribution in [0.3, 0.4) is 0 Å². The number of benzene rings is 1. The largest absolute Gasteiger partial charge is 0.497 e. The van der Waals surface area contributed by atoms with Crippen LogP contribution >= 0.6 is 0 Å². The average Bonchev–Trinajstić information content (AvgIpc) is 3.19. The zero-order valence-electron chi connectivity index (χ0n) is 12.8. The van der Waals surface area contributed by atoms with E-state index in [0.29, 0.717) is 11.3 Å². The van der Waals surface area contributed by atoms with Crippen molar-refractivity contribution in [1.29, 1.82) is 0 Å². The number of ether oxygens (including phenoxy) is 2. The normalized spacial score (nSPS) is 27.4. The second kappa shape index (κ2) is 5.89. The van der Waals surface area contributed by atoms with Gasteiger partial charge in [-0.3, -0.25) is 4.79 Å². The number of aliphatic carboxylic acids is 1. The van der Waals surface area contributed by atoms with Crippen LogP contribution in [0.25, 0.3) is 0 Å². The van der Waals surface area contributed by atoms with E-state index in [-0.39, 0.29) is 12.4 Å². The van der Waals surface area contributed by atoms with E-state index in [0.717, 1.165) is 0 Å². The Morgan fingerprint density at radius 1 is 1.27 bits per heavy atom. The molecular formula is C15H20O6S. The Morgan fingerprint density at radius 3 is 2.27 bits per heavy atom. The number of sulfone groups is 1. The van der Waals surface area contributed by atoms with Crippen molar-refractivity contribution >= 4 is 15.8 Å². The van der Waals surface area contributed by atoms with E-state index in [4.69, 9.17) is 9.47 Å². The third-order valence-corrected chi connectivity index (χ3v) is 6.57. The number of carboxylic acid groups (broad SMARTS) is 1.